The molecule has 0 aromatic carbocycles. The normalized spacial score (nSPS) is 10.8. The van der Waals surface area contributed by atoms with Crippen LogP contribution in [0, 0.1) is 11.7 Å². The molecule has 2 aromatic heterocycles. The van der Waals surface area contributed by atoms with Crippen LogP contribution in [0.5, 0.6) is 0 Å². The van der Waals surface area contributed by atoms with Crippen molar-refractivity contribution in [3.05, 3.63) is 20.9 Å². The Hall–Kier alpha value is -1.21. The van der Waals surface area contributed by atoms with Crippen molar-refractivity contribution in [3.8, 4) is 0 Å². The number of hydrogen-bond acceptors (Lipinski definition) is 5. The average molecular weight is 283 g/mol. The summed E-state index contributed by atoms with van der Waals surface area (Å²) in [7, 11) is 2.01. The zero-order valence-corrected chi connectivity index (χ0v) is 12.4. The van der Waals surface area contributed by atoms with E-state index in [9.17, 15) is 0 Å². The van der Waals surface area contributed by atoms with E-state index in [1.165, 1.54) is 0 Å². The maximum Gasteiger partial charge on any atom is 0.225 e. The molecular weight excluding hydrogens is 266 g/mol. The molecule has 0 bridgehead atoms. The van der Waals surface area contributed by atoms with Crippen molar-refractivity contribution >= 4 is 29.5 Å². The molecule has 0 aliphatic heterocycles. The Labute approximate surface area is 115 Å². The SMILES string of the molecule is CCCn1c(N(C)Cc2csc(C)n2)n[nH]c1=S. The molecule has 0 saturated heterocycles. The Bertz CT molecular complexity index is 568. The van der Waals surface area contributed by atoms with Gasteiger partial charge in [-0.1, -0.05) is 6.92 Å². The van der Waals surface area contributed by atoms with Gasteiger partial charge in [-0.05, 0) is 25.6 Å². The van der Waals surface area contributed by atoms with Gasteiger partial charge in [-0.2, -0.15) is 0 Å². The number of nitrogens with one attached hydrogen (secondary N) is 1. The molecule has 0 atom stereocenters. The van der Waals surface area contributed by atoms with Crippen molar-refractivity contribution in [3.63, 3.8) is 0 Å². The van der Waals surface area contributed by atoms with Gasteiger partial charge in [0.05, 0.1) is 17.2 Å². The van der Waals surface area contributed by atoms with Gasteiger partial charge in [0.2, 0.25) is 5.95 Å². The van der Waals surface area contributed by atoms with Crippen molar-refractivity contribution < 1.29 is 0 Å². The van der Waals surface area contributed by atoms with Gasteiger partial charge in [-0.3, -0.25) is 4.57 Å². The summed E-state index contributed by atoms with van der Waals surface area (Å²) in [6.45, 7) is 5.77. The Morgan fingerprint density at radius 1 is 1.56 bits per heavy atom. The molecule has 7 heteroatoms. The number of thiazole rings is 1. The molecule has 1 N–H and O–H groups in total. The molecule has 5 nitrogen and oxygen atoms in total. The third-order valence-electron chi connectivity index (χ3n) is 2.59. The lowest BCUT2D eigenvalue weighted by Crippen LogP contribution is -2.21. The summed E-state index contributed by atoms with van der Waals surface area (Å²) < 4.78 is 2.70. The summed E-state index contributed by atoms with van der Waals surface area (Å²) in [6, 6.07) is 0. The van der Waals surface area contributed by atoms with Crippen molar-refractivity contribution in [1.29, 1.82) is 0 Å². The number of rotatable bonds is 5. The highest BCUT2D eigenvalue weighted by Gasteiger charge is 2.12. The van der Waals surface area contributed by atoms with E-state index in [1.807, 2.05) is 18.5 Å². The number of hydrogen-bond donors (Lipinski definition) is 1. The van der Waals surface area contributed by atoms with Crippen LogP contribution in [0.25, 0.3) is 0 Å². The molecule has 2 heterocycles. The second-order valence-electron chi connectivity index (χ2n) is 4.19. The van der Waals surface area contributed by atoms with E-state index in [2.05, 4.69) is 32.4 Å². The number of H-pyrrole nitrogens is 1. The second-order valence-corrected chi connectivity index (χ2v) is 5.64. The van der Waals surface area contributed by atoms with Crippen molar-refractivity contribution in [2.24, 2.45) is 0 Å². The first-order chi connectivity index (χ1) is 8.61. The first-order valence-electron chi connectivity index (χ1n) is 5.89. The smallest absolute Gasteiger partial charge is 0.225 e. The van der Waals surface area contributed by atoms with E-state index in [4.69, 9.17) is 12.2 Å². The molecule has 0 saturated carbocycles. The lowest BCUT2D eigenvalue weighted by molar-refractivity contribution is 0.653. The minimum absolute atomic E-state index is 0.674. The molecule has 98 valence electrons. The highest BCUT2D eigenvalue weighted by molar-refractivity contribution is 7.71. The topological polar surface area (TPSA) is 49.7 Å². The molecule has 0 spiro atoms. The maximum atomic E-state index is 5.23. The molecular formula is C11H17N5S2. The molecule has 0 unspecified atom stereocenters. The zero-order valence-electron chi connectivity index (χ0n) is 10.8. The van der Waals surface area contributed by atoms with Gasteiger partial charge in [0, 0.05) is 19.0 Å². The van der Waals surface area contributed by atoms with Gasteiger partial charge in [0.15, 0.2) is 4.77 Å². The van der Waals surface area contributed by atoms with Crippen molar-refractivity contribution in [1.82, 2.24) is 19.7 Å². The van der Waals surface area contributed by atoms with Crippen LogP contribution < -0.4 is 4.90 Å². The summed E-state index contributed by atoms with van der Waals surface area (Å²) in [5.74, 6) is 0.868. The largest absolute Gasteiger partial charge is 0.338 e. The summed E-state index contributed by atoms with van der Waals surface area (Å²) in [4.78, 5) is 6.53. The predicted molar refractivity (Wildman–Crippen MR) is 76.7 cm³/mol. The van der Waals surface area contributed by atoms with E-state index < -0.39 is 0 Å². The molecule has 18 heavy (non-hydrogen) atoms. The van der Waals surface area contributed by atoms with Gasteiger partial charge in [0.25, 0.3) is 0 Å². The Morgan fingerprint density at radius 2 is 2.33 bits per heavy atom. The number of anilines is 1. The fourth-order valence-electron chi connectivity index (χ4n) is 1.82. The van der Waals surface area contributed by atoms with E-state index >= 15 is 0 Å². The molecule has 0 fully saturated rings. The summed E-state index contributed by atoms with van der Waals surface area (Å²) >= 11 is 6.90. The Morgan fingerprint density at radius 3 is 2.94 bits per heavy atom. The third-order valence-corrected chi connectivity index (χ3v) is 3.73. The van der Waals surface area contributed by atoms with Crippen molar-refractivity contribution in [2.45, 2.75) is 33.4 Å². The van der Waals surface area contributed by atoms with Gasteiger partial charge >= 0.3 is 0 Å². The summed E-state index contributed by atoms with van der Waals surface area (Å²) in [5.41, 5.74) is 1.07. The molecule has 0 radical (unpaired) electrons. The van der Waals surface area contributed by atoms with Crippen LogP contribution in [0.15, 0.2) is 5.38 Å². The van der Waals surface area contributed by atoms with Gasteiger partial charge in [-0.25, -0.2) is 10.1 Å². The van der Waals surface area contributed by atoms with E-state index in [0.717, 1.165) is 36.2 Å². The first kappa shape index (κ1) is 13.2. The molecule has 2 aromatic rings. The van der Waals surface area contributed by atoms with Gasteiger partial charge in [-0.15, -0.1) is 16.4 Å². The predicted octanol–water partition coefficient (Wildman–Crippen LogP) is 2.75. The Balaban J connectivity index is 2.18. The fourth-order valence-corrected chi connectivity index (χ4v) is 2.64. The lowest BCUT2D eigenvalue weighted by atomic mass is 10.4. The number of aromatic amines is 1. The summed E-state index contributed by atoms with van der Waals surface area (Å²) in [5, 5.41) is 10.3. The van der Waals surface area contributed by atoms with E-state index in [-0.39, 0.29) is 0 Å². The van der Waals surface area contributed by atoms with Crippen LogP contribution in [0.4, 0.5) is 5.95 Å². The molecule has 0 aliphatic carbocycles. The third kappa shape index (κ3) is 2.78. The highest BCUT2D eigenvalue weighted by atomic mass is 32.1. The second kappa shape index (κ2) is 5.62. The monoisotopic (exact) mass is 283 g/mol. The maximum absolute atomic E-state index is 5.23. The average Bonchev–Trinajstić information content (AvgIpc) is 2.88. The Kier molecular flexibility index (Phi) is 4.13. The van der Waals surface area contributed by atoms with Crippen LogP contribution in [-0.4, -0.2) is 26.8 Å². The highest BCUT2D eigenvalue weighted by Crippen LogP contribution is 2.15. The first-order valence-corrected chi connectivity index (χ1v) is 7.18. The fraction of sp³-hybridized carbons (Fsp3) is 0.545. The number of aromatic nitrogens is 4. The van der Waals surface area contributed by atoms with Crippen LogP contribution >= 0.6 is 23.6 Å². The number of nitrogens with zero attached hydrogens (tertiary/aromatic N) is 4. The molecule has 0 amide bonds. The van der Waals surface area contributed by atoms with Gasteiger partial charge in [0.1, 0.15) is 0 Å². The van der Waals surface area contributed by atoms with Crippen LogP contribution in [0.2, 0.25) is 0 Å². The summed E-state index contributed by atoms with van der Waals surface area (Å²) in [6.07, 6.45) is 1.03. The van der Waals surface area contributed by atoms with E-state index in [1.54, 1.807) is 11.3 Å². The minimum atomic E-state index is 0.674. The van der Waals surface area contributed by atoms with E-state index in [0.29, 0.717) is 4.77 Å². The van der Waals surface area contributed by atoms with Crippen LogP contribution in [-0.2, 0) is 13.1 Å². The standard InChI is InChI=1S/C11H17N5S2/c1-4-5-16-10(13-14-11(16)17)15(3)6-9-7-18-8(2)12-9/h7H,4-6H2,1-3H3,(H,14,17). The minimum Gasteiger partial charge on any atom is -0.338 e. The van der Waals surface area contributed by atoms with Gasteiger partial charge < -0.3 is 4.90 Å². The van der Waals surface area contributed by atoms with Crippen LogP contribution in [0.1, 0.15) is 24.0 Å². The number of aryl methyl sites for hydroxylation is 1. The quantitative estimate of drug-likeness (QED) is 0.857. The lowest BCUT2D eigenvalue weighted by Gasteiger charge is -2.17. The molecule has 2 rings (SSSR count). The zero-order chi connectivity index (χ0) is 13.1. The van der Waals surface area contributed by atoms with Crippen molar-refractivity contribution in [2.75, 3.05) is 11.9 Å². The molecule has 0 aliphatic rings. The van der Waals surface area contributed by atoms with Crippen LogP contribution in [0.3, 0.4) is 0 Å².